The third-order valence-corrected chi connectivity index (χ3v) is 3.05. The third-order valence-electron chi connectivity index (χ3n) is 3.05. The van der Waals surface area contributed by atoms with E-state index in [0.29, 0.717) is 5.95 Å². The standard InChI is InChI=1S/C16H22N4/c1-4-10-17-16-18-12(2)11-15(20-16)19-13(3)14-8-6-5-7-9-14/h5-9,11,13H,4,10H2,1-3H3,(H2,17,18,19,20). The van der Waals surface area contributed by atoms with Crippen molar-refractivity contribution in [3.05, 3.63) is 47.7 Å². The summed E-state index contributed by atoms with van der Waals surface area (Å²) in [6.45, 7) is 7.12. The van der Waals surface area contributed by atoms with Crippen molar-refractivity contribution < 1.29 is 0 Å². The Morgan fingerprint density at radius 2 is 1.90 bits per heavy atom. The molecule has 4 heteroatoms. The molecule has 0 aliphatic carbocycles. The zero-order valence-electron chi connectivity index (χ0n) is 12.4. The highest BCUT2D eigenvalue weighted by Crippen LogP contribution is 2.18. The van der Waals surface area contributed by atoms with E-state index in [1.54, 1.807) is 0 Å². The van der Waals surface area contributed by atoms with Gasteiger partial charge in [0, 0.05) is 24.3 Å². The zero-order valence-corrected chi connectivity index (χ0v) is 12.4. The van der Waals surface area contributed by atoms with Crippen molar-refractivity contribution >= 4 is 11.8 Å². The minimum Gasteiger partial charge on any atom is -0.363 e. The highest BCUT2D eigenvalue weighted by molar-refractivity contribution is 5.44. The van der Waals surface area contributed by atoms with Gasteiger partial charge in [-0.15, -0.1) is 0 Å². The normalized spacial score (nSPS) is 11.9. The molecule has 0 fully saturated rings. The van der Waals surface area contributed by atoms with Crippen LogP contribution in [0.3, 0.4) is 0 Å². The minimum atomic E-state index is 0.213. The topological polar surface area (TPSA) is 49.8 Å². The molecular weight excluding hydrogens is 248 g/mol. The Kier molecular flexibility index (Phi) is 4.93. The van der Waals surface area contributed by atoms with Gasteiger partial charge in [-0.3, -0.25) is 0 Å². The number of hydrogen-bond donors (Lipinski definition) is 2. The van der Waals surface area contributed by atoms with Crippen LogP contribution in [-0.4, -0.2) is 16.5 Å². The average Bonchev–Trinajstić information content (AvgIpc) is 2.45. The molecule has 1 atom stereocenters. The number of nitrogens with zero attached hydrogens (tertiary/aromatic N) is 2. The van der Waals surface area contributed by atoms with Crippen molar-refractivity contribution in [3.8, 4) is 0 Å². The predicted octanol–water partition coefficient (Wildman–Crippen LogP) is 3.78. The Bertz CT molecular complexity index is 539. The molecule has 0 bridgehead atoms. The Labute approximate surface area is 120 Å². The Balaban J connectivity index is 2.10. The quantitative estimate of drug-likeness (QED) is 0.838. The Morgan fingerprint density at radius 1 is 1.15 bits per heavy atom. The molecule has 106 valence electrons. The summed E-state index contributed by atoms with van der Waals surface area (Å²) < 4.78 is 0. The van der Waals surface area contributed by atoms with E-state index in [9.17, 15) is 0 Å². The summed E-state index contributed by atoms with van der Waals surface area (Å²) in [6, 6.07) is 12.5. The van der Waals surface area contributed by atoms with Crippen LogP contribution >= 0.6 is 0 Å². The highest BCUT2D eigenvalue weighted by atomic mass is 15.1. The lowest BCUT2D eigenvalue weighted by atomic mass is 10.1. The van der Waals surface area contributed by atoms with Gasteiger partial charge in [0.2, 0.25) is 5.95 Å². The van der Waals surface area contributed by atoms with Crippen LogP contribution in [0.4, 0.5) is 11.8 Å². The lowest BCUT2D eigenvalue weighted by Crippen LogP contribution is -2.11. The Hall–Kier alpha value is -2.10. The zero-order chi connectivity index (χ0) is 14.4. The van der Waals surface area contributed by atoms with Crippen LogP contribution in [0.2, 0.25) is 0 Å². The maximum Gasteiger partial charge on any atom is 0.224 e. The van der Waals surface area contributed by atoms with Crippen LogP contribution in [0.15, 0.2) is 36.4 Å². The van der Waals surface area contributed by atoms with Gasteiger partial charge in [0.15, 0.2) is 0 Å². The van der Waals surface area contributed by atoms with E-state index in [1.807, 2.05) is 31.2 Å². The SMILES string of the molecule is CCCNc1nc(C)cc(NC(C)c2ccccc2)n1. The van der Waals surface area contributed by atoms with Gasteiger partial charge < -0.3 is 10.6 Å². The second kappa shape index (κ2) is 6.89. The van der Waals surface area contributed by atoms with Crippen LogP contribution in [-0.2, 0) is 0 Å². The number of aromatic nitrogens is 2. The number of anilines is 2. The van der Waals surface area contributed by atoms with Gasteiger partial charge >= 0.3 is 0 Å². The minimum absolute atomic E-state index is 0.213. The number of rotatable bonds is 6. The van der Waals surface area contributed by atoms with Crippen molar-refractivity contribution in [2.75, 3.05) is 17.2 Å². The molecule has 0 amide bonds. The second-order valence-electron chi connectivity index (χ2n) is 4.92. The van der Waals surface area contributed by atoms with Crippen molar-refractivity contribution in [2.24, 2.45) is 0 Å². The molecule has 1 heterocycles. The van der Waals surface area contributed by atoms with Gasteiger partial charge in [-0.1, -0.05) is 37.3 Å². The molecule has 0 aliphatic rings. The van der Waals surface area contributed by atoms with E-state index >= 15 is 0 Å². The first kappa shape index (κ1) is 14.3. The van der Waals surface area contributed by atoms with E-state index in [0.717, 1.165) is 24.5 Å². The predicted molar refractivity (Wildman–Crippen MR) is 84.0 cm³/mol. The van der Waals surface area contributed by atoms with Gasteiger partial charge in [-0.25, -0.2) is 4.98 Å². The molecule has 0 radical (unpaired) electrons. The number of hydrogen-bond acceptors (Lipinski definition) is 4. The molecule has 4 nitrogen and oxygen atoms in total. The van der Waals surface area contributed by atoms with Crippen molar-refractivity contribution in [1.29, 1.82) is 0 Å². The van der Waals surface area contributed by atoms with Crippen LogP contribution in [0.5, 0.6) is 0 Å². The molecular formula is C16H22N4. The maximum absolute atomic E-state index is 4.50. The molecule has 1 aromatic carbocycles. The first-order valence-corrected chi connectivity index (χ1v) is 7.10. The van der Waals surface area contributed by atoms with Gasteiger partial charge in [-0.2, -0.15) is 4.98 Å². The van der Waals surface area contributed by atoms with Gasteiger partial charge in [-0.05, 0) is 25.8 Å². The largest absolute Gasteiger partial charge is 0.363 e. The van der Waals surface area contributed by atoms with Crippen LogP contribution in [0.1, 0.15) is 37.6 Å². The van der Waals surface area contributed by atoms with Crippen molar-refractivity contribution in [1.82, 2.24) is 9.97 Å². The molecule has 1 aromatic heterocycles. The van der Waals surface area contributed by atoms with Gasteiger partial charge in [0.25, 0.3) is 0 Å². The second-order valence-corrected chi connectivity index (χ2v) is 4.92. The monoisotopic (exact) mass is 270 g/mol. The fraction of sp³-hybridized carbons (Fsp3) is 0.375. The molecule has 0 saturated heterocycles. The van der Waals surface area contributed by atoms with Crippen molar-refractivity contribution in [2.45, 2.75) is 33.2 Å². The number of nitrogens with one attached hydrogen (secondary N) is 2. The molecule has 0 saturated carbocycles. The first-order chi connectivity index (χ1) is 9.69. The summed E-state index contributed by atoms with van der Waals surface area (Å²) in [4.78, 5) is 8.89. The summed E-state index contributed by atoms with van der Waals surface area (Å²) >= 11 is 0. The smallest absolute Gasteiger partial charge is 0.224 e. The number of aryl methyl sites for hydroxylation is 1. The molecule has 20 heavy (non-hydrogen) atoms. The summed E-state index contributed by atoms with van der Waals surface area (Å²) in [5, 5.41) is 6.65. The molecule has 2 aromatic rings. The van der Waals surface area contributed by atoms with Gasteiger partial charge in [0.05, 0.1) is 0 Å². The van der Waals surface area contributed by atoms with E-state index in [4.69, 9.17) is 0 Å². The highest BCUT2D eigenvalue weighted by Gasteiger charge is 2.07. The summed E-state index contributed by atoms with van der Waals surface area (Å²) in [7, 11) is 0. The Morgan fingerprint density at radius 3 is 2.60 bits per heavy atom. The average molecular weight is 270 g/mol. The van der Waals surface area contributed by atoms with Crippen LogP contribution in [0, 0.1) is 6.92 Å². The lowest BCUT2D eigenvalue weighted by molar-refractivity contribution is 0.867. The summed E-state index contributed by atoms with van der Waals surface area (Å²) in [5.41, 5.74) is 2.20. The summed E-state index contributed by atoms with van der Waals surface area (Å²) in [5.74, 6) is 1.54. The molecule has 0 spiro atoms. The first-order valence-electron chi connectivity index (χ1n) is 7.10. The van der Waals surface area contributed by atoms with Crippen LogP contribution < -0.4 is 10.6 Å². The molecule has 0 aliphatic heterocycles. The molecule has 2 N–H and O–H groups in total. The van der Waals surface area contributed by atoms with Crippen molar-refractivity contribution in [3.63, 3.8) is 0 Å². The maximum atomic E-state index is 4.50. The van der Waals surface area contributed by atoms with E-state index < -0.39 is 0 Å². The summed E-state index contributed by atoms with van der Waals surface area (Å²) in [6.07, 6.45) is 1.06. The third kappa shape index (κ3) is 3.95. The molecule has 2 rings (SSSR count). The number of benzene rings is 1. The van der Waals surface area contributed by atoms with E-state index in [2.05, 4.69) is 46.6 Å². The fourth-order valence-corrected chi connectivity index (χ4v) is 2.01. The lowest BCUT2D eigenvalue weighted by Gasteiger charge is -2.16. The van der Waals surface area contributed by atoms with Crippen LogP contribution in [0.25, 0.3) is 0 Å². The van der Waals surface area contributed by atoms with E-state index in [-0.39, 0.29) is 6.04 Å². The van der Waals surface area contributed by atoms with Gasteiger partial charge in [0.1, 0.15) is 5.82 Å². The fourth-order valence-electron chi connectivity index (χ4n) is 2.01. The van der Waals surface area contributed by atoms with E-state index in [1.165, 1.54) is 5.56 Å². The molecule has 1 unspecified atom stereocenters.